The number of halogens is 3. The van der Waals surface area contributed by atoms with Crippen LogP contribution in [0.15, 0.2) is 48.5 Å². The maximum absolute atomic E-state index is 12.8. The van der Waals surface area contributed by atoms with E-state index < -0.39 is 17.8 Å². The van der Waals surface area contributed by atoms with Crippen molar-refractivity contribution in [2.45, 2.75) is 24.6 Å². The van der Waals surface area contributed by atoms with Gasteiger partial charge in [0.15, 0.2) is 0 Å². The predicted molar refractivity (Wildman–Crippen MR) is 79.2 cm³/mol. The summed E-state index contributed by atoms with van der Waals surface area (Å²) in [5, 5.41) is 11.1. The van der Waals surface area contributed by atoms with Gasteiger partial charge in [0.25, 0.3) is 0 Å². The van der Waals surface area contributed by atoms with Crippen LogP contribution in [0, 0.1) is 0 Å². The molecule has 0 spiro atoms. The first-order valence-electron chi connectivity index (χ1n) is 7.11. The zero-order valence-corrected chi connectivity index (χ0v) is 12.0. The van der Waals surface area contributed by atoms with Gasteiger partial charge in [0.05, 0.1) is 5.56 Å². The van der Waals surface area contributed by atoms with E-state index in [-0.39, 0.29) is 12.0 Å². The number of amides is 1. The van der Waals surface area contributed by atoms with E-state index in [0.717, 1.165) is 24.1 Å². The summed E-state index contributed by atoms with van der Waals surface area (Å²) in [4.78, 5) is 10.6. The van der Waals surface area contributed by atoms with Gasteiger partial charge < -0.3 is 10.4 Å². The molecule has 1 fully saturated rings. The van der Waals surface area contributed by atoms with Crippen LogP contribution in [0.3, 0.4) is 0 Å². The Morgan fingerprint density at radius 3 is 2.39 bits per heavy atom. The molecule has 2 aromatic carbocycles. The predicted octanol–water partition coefficient (Wildman–Crippen LogP) is 4.50. The normalized spacial score (nSPS) is 20.1. The summed E-state index contributed by atoms with van der Waals surface area (Å²) in [6.07, 6.45) is -4.66. The van der Waals surface area contributed by atoms with Crippen molar-refractivity contribution in [3.63, 3.8) is 0 Å². The van der Waals surface area contributed by atoms with E-state index in [1.807, 2.05) is 12.1 Å². The van der Waals surface area contributed by atoms with E-state index in [2.05, 4.69) is 5.32 Å². The highest BCUT2D eigenvalue weighted by molar-refractivity contribution is 5.67. The Morgan fingerprint density at radius 2 is 1.78 bits per heavy atom. The first kappa shape index (κ1) is 15.4. The van der Waals surface area contributed by atoms with Crippen LogP contribution < -0.4 is 5.32 Å². The van der Waals surface area contributed by atoms with Crippen LogP contribution in [0.25, 0.3) is 11.1 Å². The van der Waals surface area contributed by atoms with Gasteiger partial charge in [-0.25, -0.2) is 4.79 Å². The molecular formula is C17H14F3NO2. The molecule has 1 aliphatic rings. The molecule has 3 rings (SSSR count). The average Bonchev–Trinajstić information content (AvgIpc) is 3.25. The summed E-state index contributed by atoms with van der Waals surface area (Å²) in [7, 11) is 0. The molecule has 0 saturated heterocycles. The second-order valence-electron chi connectivity index (χ2n) is 5.60. The highest BCUT2D eigenvalue weighted by atomic mass is 19.4. The average molecular weight is 321 g/mol. The van der Waals surface area contributed by atoms with Gasteiger partial charge in [-0.15, -0.1) is 0 Å². The van der Waals surface area contributed by atoms with Gasteiger partial charge in [-0.1, -0.05) is 36.4 Å². The van der Waals surface area contributed by atoms with Crippen LogP contribution in [0.2, 0.25) is 0 Å². The van der Waals surface area contributed by atoms with Gasteiger partial charge >= 0.3 is 12.3 Å². The van der Waals surface area contributed by atoms with Gasteiger partial charge in [0.1, 0.15) is 0 Å². The molecule has 0 heterocycles. The van der Waals surface area contributed by atoms with Crippen LogP contribution in [-0.4, -0.2) is 17.2 Å². The molecule has 23 heavy (non-hydrogen) atoms. The fourth-order valence-corrected chi connectivity index (χ4v) is 2.68. The SMILES string of the molecule is O=C(O)NC1CC1c1ccc(-c2cccc(C(F)(F)F)c2)cc1. The van der Waals surface area contributed by atoms with Gasteiger partial charge in [-0.05, 0) is 35.2 Å². The number of alkyl halides is 3. The number of benzene rings is 2. The zero-order chi connectivity index (χ0) is 16.6. The first-order valence-corrected chi connectivity index (χ1v) is 7.11. The minimum Gasteiger partial charge on any atom is -0.465 e. The van der Waals surface area contributed by atoms with Crippen molar-refractivity contribution in [1.29, 1.82) is 0 Å². The Hall–Kier alpha value is -2.50. The van der Waals surface area contributed by atoms with Crippen molar-refractivity contribution < 1.29 is 23.1 Å². The van der Waals surface area contributed by atoms with Crippen LogP contribution in [0.5, 0.6) is 0 Å². The number of carbonyl (C=O) groups is 1. The van der Waals surface area contributed by atoms with E-state index in [0.29, 0.717) is 11.1 Å². The molecule has 1 saturated carbocycles. The molecule has 2 atom stereocenters. The van der Waals surface area contributed by atoms with Crippen LogP contribution >= 0.6 is 0 Å². The lowest BCUT2D eigenvalue weighted by atomic mass is 10.0. The van der Waals surface area contributed by atoms with E-state index in [4.69, 9.17) is 5.11 Å². The summed E-state index contributed by atoms with van der Waals surface area (Å²) in [5.41, 5.74) is 1.51. The first-order chi connectivity index (χ1) is 10.8. The number of hydrogen-bond donors (Lipinski definition) is 2. The van der Waals surface area contributed by atoms with Crippen molar-refractivity contribution in [1.82, 2.24) is 5.32 Å². The molecule has 2 unspecified atom stereocenters. The number of rotatable bonds is 3. The smallest absolute Gasteiger partial charge is 0.416 e. The molecule has 0 bridgehead atoms. The van der Waals surface area contributed by atoms with Gasteiger partial charge in [-0.2, -0.15) is 13.2 Å². The Balaban J connectivity index is 1.77. The van der Waals surface area contributed by atoms with E-state index in [1.54, 1.807) is 18.2 Å². The third kappa shape index (κ3) is 3.47. The molecule has 0 aromatic heterocycles. The summed E-state index contributed by atoms with van der Waals surface area (Å²) in [6, 6.07) is 12.3. The molecule has 6 heteroatoms. The van der Waals surface area contributed by atoms with Crippen LogP contribution in [0.1, 0.15) is 23.5 Å². The Morgan fingerprint density at radius 1 is 1.09 bits per heavy atom. The second kappa shape index (κ2) is 5.61. The molecule has 120 valence electrons. The maximum atomic E-state index is 12.8. The summed E-state index contributed by atoms with van der Waals surface area (Å²) >= 11 is 0. The number of carboxylic acid groups (broad SMARTS) is 1. The second-order valence-corrected chi connectivity index (χ2v) is 5.60. The number of hydrogen-bond acceptors (Lipinski definition) is 1. The van der Waals surface area contributed by atoms with Crippen molar-refractivity contribution >= 4 is 6.09 Å². The summed E-state index contributed by atoms with van der Waals surface area (Å²) in [5.74, 6) is 0.140. The fourth-order valence-electron chi connectivity index (χ4n) is 2.68. The highest BCUT2D eigenvalue weighted by Crippen LogP contribution is 2.41. The highest BCUT2D eigenvalue weighted by Gasteiger charge is 2.39. The maximum Gasteiger partial charge on any atom is 0.416 e. The minimum absolute atomic E-state index is 0.0769. The van der Waals surface area contributed by atoms with Crippen LogP contribution in [0.4, 0.5) is 18.0 Å². The van der Waals surface area contributed by atoms with E-state index >= 15 is 0 Å². The van der Waals surface area contributed by atoms with Gasteiger partial charge in [0, 0.05) is 12.0 Å². The summed E-state index contributed by atoms with van der Waals surface area (Å²) in [6.45, 7) is 0. The van der Waals surface area contributed by atoms with Gasteiger partial charge in [0.2, 0.25) is 0 Å². The molecule has 2 N–H and O–H groups in total. The minimum atomic E-state index is -4.36. The zero-order valence-electron chi connectivity index (χ0n) is 12.0. The summed E-state index contributed by atoms with van der Waals surface area (Å²) < 4.78 is 38.3. The molecule has 0 aliphatic heterocycles. The van der Waals surface area contributed by atoms with Crippen molar-refractivity contribution in [3.05, 3.63) is 59.7 Å². The quantitative estimate of drug-likeness (QED) is 0.875. The lowest BCUT2D eigenvalue weighted by Gasteiger charge is -2.09. The third-order valence-corrected chi connectivity index (χ3v) is 3.96. The molecule has 1 aliphatic carbocycles. The lowest BCUT2D eigenvalue weighted by Crippen LogP contribution is -2.24. The molecular weight excluding hydrogens is 307 g/mol. The van der Waals surface area contributed by atoms with Crippen LogP contribution in [-0.2, 0) is 6.18 Å². The third-order valence-electron chi connectivity index (χ3n) is 3.96. The Kier molecular flexibility index (Phi) is 3.75. The fraction of sp³-hybridized carbons (Fsp3) is 0.235. The Labute approximate surface area is 130 Å². The largest absolute Gasteiger partial charge is 0.465 e. The van der Waals surface area contributed by atoms with Crippen molar-refractivity contribution in [2.24, 2.45) is 0 Å². The van der Waals surface area contributed by atoms with E-state index in [1.165, 1.54) is 6.07 Å². The molecule has 1 amide bonds. The molecule has 3 nitrogen and oxygen atoms in total. The van der Waals surface area contributed by atoms with Gasteiger partial charge in [-0.3, -0.25) is 0 Å². The van der Waals surface area contributed by atoms with Crippen molar-refractivity contribution in [2.75, 3.05) is 0 Å². The standard InChI is InChI=1S/C17H14F3NO2/c18-17(19,20)13-3-1-2-12(8-13)10-4-6-11(7-5-10)14-9-15(14)21-16(22)23/h1-8,14-15,21H,9H2,(H,22,23). The lowest BCUT2D eigenvalue weighted by molar-refractivity contribution is -0.137. The van der Waals surface area contributed by atoms with Crippen molar-refractivity contribution in [3.8, 4) is 11.1 Å². The monoisotopic (exact) mass is 321 g/mol. The molecule has 0 radical (unpaired) electrons. The molecule has 2 aromatic rings. The Bertz CT molecular complexity index is 725. The number of nitrogens with one attached hydrogen (secondary N) is 1. The topological polar surface area (TPSA) is 49.3 Å². The van der Waals surface area contributed by atoms with E-state index in [9.17, 15) is 18.0 Å².